The lowest BCUT2D eigenvalue weighted by Crippen LogP contribution is -2.42. The minimum absolute atomic E-state index is 0.140. The molecule has 0 aromatic carbocycles. The van der Waals surface area contributed by atoms with Crippen LogP contribution in [0.15, 0.2) is 35.5 Å². The summed E-state index contributed by atoms with van der Waals surface area (Å²) in [6, 6.07) is 3.14. The van der Waals surface area contributed by atoms with Gasteiger partial charge in [0.25, 0.3) is 5.91 Å². The maximum atomic E-state index is 12.6. The maximum Gasteiger partial charge on any atom is 0.305 e. The smallest absolute Gasteiger partial charge is 0.305 e. The van der Waals surface area contributed by atoms with Crippen molar-refractivity contribution in [3.8, 4) is 0 Å². The van der Waals surface area contributed by atoms with E-state index in [-0.39, 0.29) is 17.5 Å². The average molecular weight is 457 g/mol. The molecule has 13 nitrogen and oxygen atoms in total. The number of rotatable bonds is 6. The number of anilines is 1. The van der Waals surface area contributed by atoms with Gasteiger partial charge in [0.15, 0.2) is 40.9 Å². The van der Waals surface area contributed by atoms with Crippen molar-refractivity contribution in [3.63, 3.8) is 0 Å². The van der Waals surface area contributed by atoms with Crippen molar-refractivity contribution < 1.29 is 28.2 Å². The molecule has 3 aromatic heterocycles. The summed E-state index contributed by atoms with van der Waals surface area (Å²) in [5.41, 5.74) is 6.05. The fraction of sp³-hybridized carbons (Fsp3) is 0.450. The number of fused-ring (bicyclic) bond motifs is 2. The minimum Gasteiger partial charge on any atom is -0.459 e. The molecule has 174 valence electrons. The van der Waals surface area contributed by atoms with Crippen LogP contribution in [0.25, 0.3) is 11.2 Å². The van der Waals surface area contributed by atoms with Gasteiger partial charge in [0, 0.05) is 6.54 Å². The van der Waals surface area contributed by atoms with Gasteiger partial charge in [-0.1, -0.05) is 0 Å². The van der Waals surface area contributed by atoms with Crippen molar-refractivity contribution >= 4 is 28.8 Å². The number of imidazole rings is 1. The number of carbonyl (C=O) groups excluding carboxylic acids is 2. The molecule has 2 amide bonds. The number of amides is 2. The highest BCUT2D eigenvalue weighted by Crippen LogP contribution is 2.43. The molecule has 2 saturated heterocycles. The molecule has 0 saturated carbocycles. The zero-order valence-electron chi connectivity index (χ0n) is 18.1. The van der Waals surface area contributed by atoms with Crippen LogP contribution in [-0.2, 0) is 19.0 Å². The Kier molecular flexibility index (Phi) is 5.23. The van der Waals surface area contributed by atoms with Gasteiger partial charge in [-0.25, -0.2) is 15.0 Å². The molecule has 0 bridgehead atoms. The van der Waals surface area contributed by atoms with E-state index in [2.05, 4.69) is 31.1 Å². The van der Waals surface area contributed by atoms with E-state index in [9.17, 15) is 9.59 Å². The van der Waals surface area contributed by atoms with Gasteiger partial charge in [-0.3, -0.25) is 25.0 Å². The van der Waals surface area contributed by atoms with Crippen molar-refractivity contribution in [1.29, 1.82) is 0 Å². The van der Waals surface area contributed by atoms with Gasteiger partial charge in [0.2, 0.25) is 0 Å². The Hall–Kier alpha value is -3.55. The fourth-order valence-corrected chi connectivity index (χ4v) is 4.00. The van der Waals surface area contributed by atoms with Crippen LogP contribution in [0, 0.1) is 0 Å². The van der Waals surface area contributed by atoms with E-state index >= 15 is 0 Å². The number of hydrogen-bond acceptors (Lipinski definition) is 10. The van der Waals surface area contributed by atoms with Gasteiger partial charge >= 0.3 is 5.91 Å². The molecule has 2 aliphatic heterocycles. The summed E-state index contributed by atoms with van der Waals surface area (Å²) in [5, 5.41) is 2.77. The van der Waals surface area contributed by atoms with Gasteiger partial charge in [-0.15, -0.1) is 0 Å². The van der Waals surface area contributed by atoms with Crippen LogP contribution in [0.5, 0.6) is 0 Å². The highest BCUT2D eigenvalue weighted by Gasteiger charge is 2.58. The third-order valence-corrected chi connectivity index (χ3v) is 5.31. The molecule has 2 fully saturated rings. The lowest BCUT2D eigenvalue weighted by molar-refractivity contribution is -0.197. The second-order valence-electron chi connectivity index (χ2n) is 8.01. The van der Waals surface area contributed by atoms with E-state index in [1.54, 1.807) is 24.5 Å². The van der Waals surface area contributed by atoms with Crippen LogP contribution >= 0.6 is 0 Å². The van der Waals surface area contributed by atoms with E-state index in [0.29, 0.717) is 17.7 Å². The van der Waals surface area contributed by atoms with E-state index < -0.39 is 36.2 Å². The molecule has 0 aliphatic carbocycles. The maximum absolute atomic E-state index is 12.6. The van der Waals surface area contributed by atoms with E-state index in [0.717, 1.165) is 0 Å². The highest BCUT2D eigenvalue weighted by molar-refractivity contribution is 5.93. The number of ether oxygens (including phenoxy) is 3. The molecule has 3 N–H and O–H groups in total. The largest absolute Gasteiger partial charge is 0.459 e. The zero-order chi connectivity index (χ0) is 23.2. The Morgan fingerprint density at radius 3 is 2.76 bits per heavy atom. The summed E-state index contributed by atoms with van der Waals surface area (Å²) in [6.45, 7) is 5.87. The molecule has 0 spiro atoms. The van der Waals surface area contributed by atoms with Crippen LogP contribution in [-0.4, -0.2) is 62.0 Å². The molecule has 4 atom stereocenters. The Labute approximate surface area is 187 Å². The van der Waals surface area contributed by atoms with E-state index in [4.69, 9.17) is 18.6 Å². The quantitative estimate of drug-likeness (QED) is 0.451. The summed E-state index contributed by atoms with van der Waals surface area (Å²) < 4.78 is 24.8. The van der Waals surface area contributed by atoms with Gasteiger partial charge in [0.1, 0.15) is 18.5 Å². The molecule has 13 heteroatoms. The Balaban J connectivity index is 1.42. The van der Waals surface area contributed by atoms with Gasteiger partial charge in [-0.2, -0.15) is 0 Å². The molecule has 2 aliphatic rings. The average Bonchev–Trinajstić information content (AvgIpc) is 3.55. The third-order valence-electron chi connectivity index (χ3n) is 5.31. The predicted molar refractivity (Wildman–Crippen MR) is 112 cm³/mol. The van der Waals surface area contributed by atoms with Gasteiger partial charge in [-0.05, 0) is 32.9 Å². The summed E-state index contributed by atoms with van der Waals surface area (Å²) in [5.74, 6) is -1.22. The number of hydrogen-bond donors (Lipinski definition) is 3. The van der Waals surface area contributed by atoms with Crippen LogP contribution < -0.4 is 16.2 Å². The van der Waals surface area contributed by atoms with Crippen molar-refractivity contribution in [2.45, 2.75) is 51.1 Å². The number of nitrogens with zero attached hydrogens (tertiary/aromatic N) is 4. The first-order valence-electron chi connectivity index (χ1n) is 10.4. The second-order valence-corrected chi connectivity index (χ2v) is 8.01. The Morgan fingerprint density at radius 1 is 1.18 bits per heavy atom. The van der Waals surface area contributed by atoms with Crippen LogP contribution in [0.4, 0.5) is 5.82 Å². The number of nitrogens with one attached hydrogen (secondary N) is 3. The zero-order valence-corrected chi connectivity index (χ0v) is 18.1. The van der Waals surface area contributed by atoms with Crippen molar-refractivity contribution in [3.05, 3.63) is 36.8 Å². The molecular formula is C20H23N7O6. The lowest BCUT2D eigenvalue weighted by atomic mass is 10.1. The Bertz CT molecular complexity index is 1180. The van der Waals surface area contributed by atoms with E-state index in [1.165, 1.54) is 25.0 Å². The first-order valence-corrected chi connectivity index (χ1v) is 10.4. The van der Waals surface area contributed by atoms with Crippen LogP contribution in [0.1, 0.15) is 37.6 Å². The number of furan rings is 1. The molecule has 0 radical (unpaired) electrons. The Morgan fingerprint density at radius 2 is 2.00 bits per heavy atom. The molecule has 3 unspecified atom stereocenters. The van der Waals surface area contributed by atoms with Crippen molar-refractivity contribution in [1.82, 2.24) is 30.3 Å². The summed E-state index contributed by atoms with van der Waals surface area (Å²) >= 11 is 0. The van der Waals surface area contributed by atoms with Crippen LogP contribution in [0.3, 0.4) is 0 Å². The highest BCUT2D eigenvalue weighted by atomic mass is 16.8. The molecule has 5 heterocycles. The molecule has 5 rings (SSSR count). The van der Waals surface area contributed by atoms with Gasteiger partial charge < -0.3 is 23.9 Å². The monoisotopic (exact) mass is 457 g/mol. The summed E-state index contributed by atoms with van der Waals surface area (Å²) in [7, 11) is 0. The van der Waals surface area contributed by atoms with Crippen molar-refractivity contribution in [2.24, 2.45) is 0 Å². The second kappa shape index (κ2) is 8.10. The van der Waals surface area contributed by atoms with Crippen LogP contribution in [0.2, 0.25) is 0 Å². The summed E-state index contributed by atoms with van der Waals surface area (Å²) in [6.07, 6.45) is 1.52. The SMILES string of the molecule is CCNC(=O)C1OC(n2cnc3c(NNC(=O)c4ccco4)ncnc32)[C@@H]2OC(C)(C)OC12. The standard InChI is InChI=1S/C20H23N7O6/c1-4-21-18(29)13-12-14(33-20(2,3)32-12)19(31-13)27-9-24-11-15(22-8-23-16(11)27)25-26-17(28)10-6-5-7-30-10/h5-9,12-14,19H,4H2,1-3H3,(H,21,29)(H,26,28)(H,22,23,25)/t12?,13?,14-,19?/m1/s1. The van der Waals surface area contributed by atoms with Crippen molar-refractivity contribution in [2.75, 3.05) is 12.0 Å². The summed E-state index contributed by atoms with van der Waals surface area (Å²) in [4.78, 5) is 37.6. The first-order chi connectivity index (χ1) is 15.9. The fourth-order valence-electron chi connectivity index (χ4n) is 4.00. The minimum atomic E-state index is -0.879. The predicted octanol–water partition coefficient (Wildman–Crippen LogP) is 0.730. The lowest BCUT2D eigenvalue weighted by Gasteiger charge is -2.24. The molecular weight excluding hydrogens is 434 g/mol. The normalized spacial score (nSPS) is 25.7. The third kappa shape index (κ3) is 3.79. The van der Waals surface area contributed by atoms with Gasteiger partial charge in [0.05, 0.1) is 12.6 Å². The number of likely N-dealkylation sites (N-methyl/N-ethyl adjacent to an activating group) is 1. The number of aromatic nitrogens is 4. The van der Waals surface area contributed by atoms with E-state index in [1.807, 2.05) is 6.92 Å². The molecule has 33 heavy (non-hydrogen) atoms. The number of carbonyl (C=O) groups is 2. The first kappa shape index (κ1) is 21.3. The number of hydrazine groups is 1. The molecule has 3 aromatic rings. The topological polar surface area (TPSA) is 155 Å².